The molecule has 0 aliphatic carbocycles. The van der Waals surface area contributed by atoms with Crippen molar-refractivity contribution in [3.63, 3.8) is 0 Å². The number of methoxy groups -OCH3 is 1. The lowest BCUT2D eigenvalue weighted by atomic mass is 9.91. The van der Waals surface area contributed by atoms with Crippen molar-refractivity contribution in [3.8, 4) is 11.5 Å². The van der Waals surface area contributed by atoms with Gasteiger partial charge >= 0.3 is 5.97 Å². The van der Waals surface area contributed by atoms with Crippen LogP contribution in [0, 0.1) is 5.92 Å². The largest absolute Gasteiger partial charge is 0.504 e. The van der Waals surface area contributed by atoms with E-state index in [0.717, 1.165) is 30.4 Å². The van der Waals surface area contributed by atoms with Gasteiger partial charge in [0.15, 0.2) is 35.6 Å². The number of hydrogen-bond acceptors (Lipinski definition) is 12. The summed E-state index contributed by atoms with van der Waals surface area (Å²) < 4.78 is 9.90. The molecule has 0 saturated heterocycles. The van der Waals surface area contributed by atoms with E-state index in [1.165, 1.54) is 37.5 Å². The first-order chi connectivity index (χ1) is 20.5. The molecule has 222 valence electrons. The third-order valence-electron chi connectivity index (χ3n) is 5.91. The van der Waals surface area contributed by atoms with Crippen LogP contribution < -0.4 is 4.74 Å². The van der Waals surface area contributed by atoms with E-state index < -0.39 is 57.7 Å². The molecule has 0 aliphatic rings. The summed E-state index contributed by atoms with van der Waals surface area (Å²) in [6.07, 6.45) is 3.63. The third kappa shape index (κ3) is 9.18. The van der Waals surface area contributed by atoms with Crippen LogP contribution in [0.25, 0.3) is 12.2 Å². The summed E-state index contributed by atoms with van der Waals surface area (Å²) in [7, 11) is 1.35. The van der Waals surface area contributed by atoms with Crippen molar-refractivity contribution in [2.75, 3.05) is 13.7 Å². The lowest BCUT2D eigenvalue weighted by Gasteiger charge is -2.11. The molecular weight excluding hydrogens is 564 g/mol. The minimum atomic E-state index is -1.52. The van der Waals surface area contributed by atoms with Gasteiger partial charge in [-0.15, -0.1) is 0 Å². The number of Topliss-reactive ketones (excluding diaryl/α,β-unsaturated/α-hetero) is 4. The van der Waals surface area contributed by atoms with Gasteiger partial charge in [-0.05, 0) is 60.9 Å². The van der Waals surface area contributed by atoms with Crippen LogP contribution in [0.1, 0.15) is 51.6 Å². The zero-order chi connectivity index (χ0) is 32.1. The molecule has 43 heavy (non-hydrogen) atoms. The SMILES string of the molecule is CCOC(=O)CCC(C(=O)/C=C/c1ccc(O)c(OC)c1)C(=O)/C=C/c1ccc(C(=O)C(=O)C=O)c(C(=O)C(=O)C=O)c1. The molecule has 0 saturated carbocycles. The number of aromatic hydroxyl groups is 1. The molecule has 2 aromatic rings. The van der Waals surface area contributed by atoms with Crippen molar-refractivity contribution in [2.45, 2.75) is 19.8 Å². The molecule has 0 heterocycles. The Hall–Kier alpha value is -5.65. The molecule has 0 radical (unpaired) electrons. The third-order valence-corrected chi connectivity index (χ3v) is 5.91. The molecule has 0 fully saturated rings. The van der Waals surface area contributed by atoms with Crippen LogP contribution >= 0.6 is 0 Å². The number of carbonyl (C=O) groups is 9. The molecule has 0 amide bonds. The summed E-state index contributed by atoms with van der Waals surface area (Å²) in [5.74, 6) is -9.14. The van der Waals surface area contributed by atoms with E-state index in [9.17, 15) is 48.3 Å². The number of ketones is 6. The summed E-state index contributed by atoms with van der Waals surface area (Å²) in [4.78, 5) is 108. The van der Waals surface area contributed by atoms with Crippen LogP contribution in [0.2, 0.25) is 0 Å². The Morgan fingerprint density at radius 2 is 1.33 bits per heavy atom. The summed E-state index contributed by atoms with van der Waals surface area (Å²) in [6, 6.07) is 7.45. The van der Waals surface area contributed by atoms with Gasteiger partial charge in [0.1, 0.15) is 0 Å². The topological polar surface area (TPSA) is 192 Å². The standard InChI is InChI=1S/C31H26O12/c1-3-43-29(39)13-9-21(24(35)11-6-19-7-12-25(36)28(15-19)42-2)23(34)10-5-18-4-8-20(30(40)26(37)16-32)22(14-18)31(41)27(38)17-33/h4-8,10-12,14-17,21,36H,3,9,13H2,1-2H3/b10-5+,11-6+. The Bertz CT molecular complexity index is 1540. The van der Waals surface area contributed by atoms with Crippen molar-refractivity contribution in [1.82, 2.24) is 0 Å². The van der Waals surface area contributed by atoms with E-state index in [1.54, 1.807) is 6.92 Å². The number of ether oxygens (including phenoxy) is 2. The highest BCUT2D eigenvalue weighted by molar-refractivity contribution is 6.65. The summed E-state index contributed by atoms with van der Waals surface area (Å²) in [6.45, 7) is 1.69. The van der Waals surface area contributed by atoms with Crippen LogP contribution in [0.3, 0.4) is 0 Å². The number of allylic oxidation sites excluding steroid dienone is 2. The van der Waals surface area contributed by atoms with E-state index in [2.05, 4.69) is 0 Å². The molecule has 0 aliphatic heterocycles. The molecule has 2 aromatic carbocycles. The summed E-state index contributed by atoms with van der Waals surface area (Å²) in [5.41, 5.74) is -0.706. The van der Waals surface area contributed by atoms with Crippen molar-refractivity contribution in [1.29, 1.82) is 0 Å². The molecular formula is C31H26O12. The number of hydrogen-bond donors (Lipinski definition) is 1. The normalized spacial score (nSPS) is 11.5. The maximum Gasteiger partial charge on any atom is 0.305 e. The first kappa shape index (κ1) is 33.6. The highest BCUT2D eigenvalue weighted by Crippen LogP contribution is 2.27. The van der Waals surface area contributed by atoms with Crippen molar-refractivity contribution >= 4 is 65.4 Å². The van der Waals surface area contributed by atoms with Gasteiger partial charge in [-0.3, -0.25) is 43.2 Å². The van der Waals surface area contributed by atoms with Crippen LogP contribution in [-0.4, -0.2) is 72.1 Å². The minimum Gasteiger partial charge on any atom is -0.504 e. The fraction of sp³-hybridized carbons (Fsp3) is 0.194. The molecule has 12 heteroatoms. The van der Waals surface area contributed by atoms with Gasteiger partial charge in [0.2, 0.25) is 11.6 Å². The van der Waals surface area contributed by atoms with Gasteiger partial charge in [-0.25, -0.2) is 0 Å². The second-order valence-corrected chi connectivity index (χ2v) is 8.73. The molecule has 0 spiro atoms. The zero-order valence-corrected chi connectivity index (χ0v) is 23.1. The first-order valence-electron chi connectivity index (χ1n) is 12.7. The molecule has 0 bridgehead atoms. The highest BCUT2D eigenvalue weighted by atomic mass is 16.5. The van der Waals surface area contributed by atoms with Crippen molar-refractivity contribution < 1.29 is 57.7 Å². The number of aldehydes is 2. The van der Waals surface area contributed by atoms with Crippen LogP contribution in [-0.2, 0) is 38.3 Å². The first-order valence-corrected chi connectivity index (χ1v) is 12.7. The number of benzene rings is 2. The zero-order valence-electron chi connectivity index (χ0n) is 23.1. The van der Waals surface area contributed by atoms with Crippen LogP contribution in [0.5, 0.6) is 11.5 Å². The monoisotopic (exact) mass is 590 g/mol. The smallest absolute Gasteiger partial charge is 0.305 e. The van der Waals surface area contributed by atoms with Crippen LogP contribution in [0.4, 0.5) is 0 Å². The van der Waals surface area contributed by atoms with E-state index in [4.69, 9.17) is 9.47 Å². The minimum absolute atomic E-state index is 0.0637. The molecule has 2 rings (SSSR count). The van der Waals surface area contributed by atoms with E-state index in [-0.39, 0.29) is 49.1 Å². The summed E-state index contributed by atoms with van der Waals surface area (Å²) >= 11 is 0. The van der Waals surface area contributed by atoms with Crippen molar-refractivity contribution in [2.24, 2.45) is 5.92 Å². The molecule has 1 atom stereocenters. The maximum atomic E-state index is 13.1. The van der Waals surface area contributed by atoms with Crippen LogP contribution in [0.15, 0.2) is 48.6 Å². The predicted molar refractivity (Wildman–Crippen MR) is 149 cm³/mol. The number of phenolic OH excluding ortho intramolecular Hbond substituents is 1. The Morgan fingerprint density at radius 1 is 0.791 bits per heavy atom. The number of rotatable bonds is 17. The fourth-order valence-corrected chi connectivity index (χ4v) is 3.73. The Kier molecular flexibility index (Phi) is 12.5. The second kappa shape index (κ2) is 16.0. The summed E-state index contributed by atoms with van der Waals surface area (Å²) in [5, 5.41) is 9.75. The Morgan fingerprint density at radius 3 is 1.86 bits per heavy atom. The average molecular weight is 591 g/mol. The van der Waals surface area contributed by atoms with Gasteiger partial charge in [-0.1, -0.05) is 24.3 Å². The van der Waals surface area contributed by atoms with E-state index >= 15 is 0 Å². The Labute approximate surface area is 245 Å². The van der Waals surface area contributed by atoms with Gasteiger partial charge in [0, 0.05) is 17.5 Å². The van der Waals surface area contributed by atoms with Crippen molar-refractivity contribution in [3.05, 3.63) is 70.8 Å². The quantitative estimate of drug-likeness (QED) is 0.0706. The van der Waals surface area contributed by atoms with Gasteiger partial charge < -0.3 is 14.6 Å². The predicted octanol–water partition coefficient (Wildman–Crippen LogP) is 2.13. The molecule has 1 N–H and O–H groups in total. The number of carbonyl (C=O) groups excluding carboxylic acids is 9. The fourth-order valence-electron chi connectivity index (χ4n) is 3.73. The Balaban J connectivity index is 2.42. The second-order valence-electron chi connectivity index (χ2n) is 8.73. The van der Waals surface area contributed by atoms with E-state index in [1.807, 2.05) is 0 Å². The maximum absolute atomic E-state index is 13.1. The number of esters is 1. The van der Waals surface area contributed by atoms with Gasteiger partial charge in [0.25, 0.3) is 11.6 Å². The number of phenols is 1. The van der Waals surface area contributed by atoms with Gasteiger partial charge in [-0.2, -0.15) is 0 Å². The molecule has 12 nitrogen and oxygen atoms in total. The van der Waals surface area contributed by atoms with E-state index in [0.29, 0.717) is 5.56 Å². The molecule has 1 unspecified atom stereocenters. The molecule has 0 aromatic heterocycles. The lowest BCUT2D eigenvalue weighted by Crippen LogP contribution is -2.23. The van der Waals surface area contributed by atoms with Gasteiger partial charge in [0.05, 0.1) is 19.6 Å². The highest BCUT2D eigenvalue weighted by Gasteiger charge is 2.27. The average Bonchev–Trinajstić information content (AvgIpc) is 3.01. The lowest BCUT2D eigenvalue weighted by molar-refractivity contribution is -0.143.